The lowest BCUT2D eigenvalue weighted by molar-refractivity contribution is 0.652. The molecule has 0 aliphatic carbocycles. The summed E-state index contributed by atoms with van der Waals surface area (Å²) >= 11 is 8.08. The minimum absolute atomic E-state index is 0.315. The van der Waals surface area contributed by atoms with Crippen LogP contribution in [0.1, 0.15) is 24.1 Å². The van der Waals surface area contributed by atoms with Gasteiger partial charge in [0.05, 0.1) is 5.02 Å². The van der Waals surface area contributed by atoms with Crippen LogP contribution in [0.25, 0.3) is 0 Å². The lowest BCUT2D eigenvalue weighted by atomic mass is 10.1. The van der Waals surface area contributed by atoms with E-state index in [4.69, 9.17) is 11.6 Å². The van der Waals surface area contributed by atoms with E-state index in [-0.39, 0.29) is 0 Å². The molecule has 0 radical (unpaired) electrons. The summed E-state index contributed by atoms with van der Waals surface area (Å²) < 4.78 is 0. The molecule has 100 valence electrons. The van der Waals surface area contributed by atoms with Gasteiger partial charge in [-0.1, -0.05) is 47.1 Å². The SMILES string of the molecule is CNC(C)c1ccc(Sc2cccc(C)c2)c(Cl)c1. The second-order valence-electron chi connectivity index (χ2n) is 4.62. The molecule has 0 fully saturated rings. The second kappa shape index (κ2) is 6.47. The van der Waals surface area contributed by atoms with Crippen LogP contribution in [0.3, 0.4) is 0 Å². The Morgan fingerprint density at radius 1 is 1.16 bits per heavy atom. The zero-order valence-corrected chi connectivity index (χ0v) is 13.0. The van der Waals surface area contributed by atoms with E-state index in [0.717, 1.165) is 9.92 Å². The highest BCUT2D eigenvalue weighted by molar-refractivity contribution is 7.99. The second-order valence-corrected chi connectivity index (χ2v) is 6.14. The minimum Gasteiger partial charge on any atom is -0.313 e. The van der Waals surface area contributed by atoms with Crippen molar-refractivity contribution >= 4 is 23.4 Å². The third-order valence-corrected chi connectivity index (χ3v) is 4.60. The monoisotopic (exact) mass is 291 g/mol. The fourth-order valence-electron chi connectivity index (χ4n) is 1.84. The Morgan fingerprint density at radius 3 is 2.58 bits per heavy atom. The van der Waals surface area contributed by atoms with E-state index in [0.29, 0.717) is 6.04 Å². The van der Waals surface area contributed by atoms with Crippen molar-refractivity contribution in [1.29, 1.82) is 0 Å². The van der Waals surface area contributed by atoms with Gasteiger partial charge in [-0.2, -0.15) is 0 Å². The number of benzene rings is 2. The lowest BCUT2D eigenvalue weighted by Crippen LogP contribution is -2.12. The fraction of sp³-hybridized carbons (Fsp3) is 0.250. The lowest BCUT2D eigenvalue weighted by Gasteiger charge is -2.12. The Labute approximate surface area is 124 Å². The third-order valence-electron chi connectivity index (χ3n) is 3.11. The zero-order valence-electron chi connectivity index (χ0n) is 11.4. The molecule has 0 aliphatic rings. The maximum Gasteiger partial charge on any atom is 0.0548 e. The highest BCUT2D eigenvalue weighted by atomic mass is 35.5. The highest BCUT2D eigenvalue weighted by Gasteiger charge is 2.07. The predicted octanol–water partition coefficient (Wildman–Crippen LogP) is 5.08. The van der Waals surface area contributed by atoms with Gasteiger partial charge in [-0.25, -0.2) is 0 Å². The molecular formula is C16H18ClNS. The first-order chi connectivity index (χ1) is 9.10. The summed E-state index contributed by atoms with van der Waals surface area (Å²) in [6, 6.07) is 15.0. The van der Waals surface area contributed by atoms with E-state index in [1.54, 1.807) is 11.8 Å². The van der Waals surface area contributed by atoms with E-state index in [9.17, 15) is 0 Å². The van der Waals surface area contributed by atoms with Crippen LogP contribution >= 0.6 is 23.4 Å². The van der Waals surface area contributed by atoms with E-state index in [1.165, 1.54) is 16.0 Å². The van der Waals surface area contributed by atoms with Crippen LogP contribution in [0.4, 0.5) is 0 Å². The quantitative estimate of drug-likeness (QED) is 0.843. The Morgan fingerprint density at radius 2 is 1.95 bits per heavy atom. The molecular weight excluding hydrogens is 274 g/mol. The topological polar surface area (TPSA) is 12.0 Å². The standard InChI is InChI=1S/C16H18ClNS/c1-11-5-4-6-14(9-11)19-16-8-7-13(10-15(16)17)12(2)18-3/h4-10,12,18H,1-3H3. The smallest absolute Gasteiger partial charge is 0.0548 e. The average Bonchev–Trinajstić information content (AvgIpc) is 2.40. The van der Waals surface area contributed by atoms with Gasteiger partial charge in [0, 0.05) is 15.8 Å². The Hall–Kier alpha value is -0.960. The van der Waals surface area contributed by atoms with Crippen LogP contribution in [0.5, 0.6) is 0 Å². The molecule has 2 rings (SSSR count). The number of halogens is 1. The minimum atomic E-state index is 0.315. The largest absolute Gasteiger partial charge is 0.313 e. The van der Waals surface area contributed by atoms with Gasteiger partial charge in [0.25, 0.3) is 0 Å². The van der Waals surface area contributed by atoms with E-state index in [2.05, 4.69) is 55.6 Å². The summed E-state index contributed by atoms with van der Waals surface area (Å²) in [5.41, 5.74) is 2.47. The predicted molar refractivity (Wildman–Crippen MR) is 84.2 cm³/mol. The Kier molecular flexibility index (Phi) is 4.92. The molecule has 0 saturated heterocycles. The zero-order chi connectivity index (χ0) is 13.8. The van der Waals surface area contributed by atoms with Gasteiger partial charge in [0.15, 0.2) is 0 Å². The van der Waals surface area contributed by atoms with Gasteiger partial charge in [0.1, 0.15) is 0 Å². The van der Waals surface area contributed by atoms with E-state index >= 15 is 0 Å². The van der Waals surface area contributed by atoms with Crippen molar-refractivity contribution in [2.45, 2.75) is 29.7 Å². The van der Waals surface area contributed by atoms with Crippen LogP contribution in [-0.2, 0) is 0 Å². The van der Waals surface area contributed by atoms with Crippen LogP contribution in [0.15, 0.2) is 52.3 Å². The number of nitrogens with one attached hydrogen (secondary N) is 1. The first-order valence-corrected chi connectivity index (χ1v) is 7.51. The normalized spacial score (nSPS) is 12.4. The number of rotatable bonds is 4. The van der Waals surface area contributed by atoms with Crippen molar-refractivity contribution in [3.8, 4) is 0 Å². The molecule has 1 unspecified atom stereocenters. The van der Waals surface area contributed by atoms with Gasteiger partial charge < -0.3 is 5.32 Å². The molecule has 3 heteroatoms. The molecule has 1 N–H and O–H groups in total. The summed E-state index contributed by atoms with van der Waals surface area (Å²) in [6.07, 6.45) is 0. The fourth-order valence-corrected chi connectivity index (χ4v) is 3.08. The number of hydrogen-bond acceptors (Lipinski definition) is 2. The molecule has 0 heterocycles. The molecule has 2 aromatic carbocycles. The van der Waals surface area contributed by atoms with Crippen molar-refractivity contribution in [1.82, 2.24) is 5.32 Å². The number of aryl methyl sites for hydroxylation is 1. The van der Waals surface area contributed by atoms with Crippen molar-refractivity contribution in [2.24, 2.45) is 0 Å². The summed E-state index contributed by atoms with van der Waals surface area (Å²) in [4.78, 5) is 2.32. The van der Waals surface area contributed by atoms with Gasteiger partial charge >= 0.3 is 0 Å². The molecule has 1 atom stereocenters. The maximum atomic E-state index is 6.37. The summed E-state index contributed by atoms with van der Waals surface area (Å²) in [6.45, 7) is 4.22. The number of hydrogen-bond donors (Lipinski definition) is 1. The average molecular weight is 292 g/mol. The first kappa shape index (κ1) is 14.4. The van der Waals surface area contributed by atoms with Crippen molar-refractivity contribution in [3.05, 3.63) is 58.6 Å². The van der Waals surface area contributed by atoms with Gasteiger partial charge in [-0.05, 0) is 50.7 Å². The molecule has 19 heavy (non-hydrogen) atoms. The molecule has 0 amide bonds. The van der Waals surface area contributed by atoms with Gasteiger partial charge in [0.2, 0.25) is 0 Å². The molecule has 0 spiro atoms. The molecule has 0 aliphatic heterocycles. The van der Waals surface area contributed by atoms with Crippen molar-refractivity contribution < 1.29 is 0 Å². The summed E-state index contributed by atoms with van der Waals surface area (Å²) in [5.74, 6) is 0. The van der Waals surface area contributed by atoms with E-state index in [1.807, 2.05) is 13.1 Å². The Balaban J connectivity index is 2.22. The van der Waals surface area contributed by atoms with Crippen molar-refractivity contribution in [3.63, 3.8) is 0 Å². The van der Waals surface area contributed by atoms with E-state index < -0.39 is 0 Å². The van der Waals surface area contributed by atoms with Crippen LogP contribution in [0.2, 0.25) is 5.02 Å². The maximum absolute atomic E-state index is 6.37. The molecule has 1 nitrogen and oxygen atoms in total. The molecule has 0 bridgehead atoms. The van der Waals surface area contributed by atoms with Gasteiger partial charge in [-0.3, -0.25) is 0 Å². The molecule has 0 saturated carbocycles. The van der Waals surface area contributed by atoms with Crippen molar-refractivity contribution in [2.75, 3.05) is 7.05 Å². The summed E-state index contributed by atoms with van der Waals surface area (Å²) in [7, 11) is 1.95. The molecule has 2 aromatic rings. The first-order valence-electron chi connectivity index (χ1n) is 6.31. The summed E-state index contributed by atoms with van der Waals surface area (Å²) in [5, 5.41) is 4.03. The third kappa shape index (κ3) is 3.75. The molecule has 0 aromatic heterocycles. The van der Waals surface area contributed by atoms with Gasteiger partial charge in [-0.15, -0.1) is 0 Å². The van der Waals surface area contributed by atoms with Crippen LogP contribution < -0.4 is 5.32 Å². The highest BCUT2D eigenvalue weighted by Crippen LogP contribution is 2.34. The van der Waals surface area contributed by atoms with Crippen LogP contribution in [0, 0.1) is 6.92 Å². The Bertz CT molecular complexity index is 568. The van der Waals surface area contributed by atoms with Crippen LogP contribution in [-0.4, -0.2) is 7.05 Å².